The van der Waals surface area contributed by atoms with Crippen LogP contribution in [0.5, 0.6) is 0 Å². The second-order valence-electron chi connectivity index (χ2n) is 2.01. The summed E-state index contributed by atoms with van der Waals surface area (Å²) in [6, 6.07) is -1.47. The average molecular weight is 173 g/mol. The third-order valence-corrected chi connectivity index (χ3v) is 1.44. The predicted octanol–water partition coefficient (Wildman–Crippen LogP) is 2.15. The lowest BCUT2D eigenvalue weighted by Gasteiger charge is -2.17. The zero-order valence-electron chi connectivity index (χ0n) is 5.57. The van der Waals surface area contributed by atoms with Crippen molar-refractivity contribution in [3.8, 4) is 0 Å². The number of hydrogen-bond donors (Lipinski definition) is 2. The molecule has 0 rings (SSSR count). The molecule has 10 heavy (non-hydrogen) atoms. The SMILES string of the molecule is CCCC(NS)C(F)(F)F. The van der Waals surface area contributed by atoms with E-state index >= 15 is 0 Å². The van der Waals surface area contributed by atoms with Crippen LogP contribution in [0.15, 0.2) is 0 Å². The summed E-state index contributed by atoms with van der Waals surface area (Å²) in [5.74, 6) is 0. The summed E-state index contributed by atoms with van der Waals surface area (Å²) >= 11 is 3.37. The molecule has 0 amide bonds. The van der Waals surface area contributed by atoms with E-state index in [1.807, 2.05) is 4.72 Å². The van der Waals surface area contributed by atoms with Crippen LogP contribution in [0.2, 0.25) is 0 Å². The van der Waals surface area contributed by atoms with Gasteiger partial charge in [0, 0.05) is 0 Å². The van der Waals surface area contributed by atoms with Crippen molar-refractivity contribution in [1.29, 1.82) is 0 Å². The average Bonchev–Trinajstić information content (AvgIpc) is 1.80. The highest BCUT2D eigenvalue weighted by Gasteiger charge is 2.37. The molecule has 0 spiro atoms. The van der Waals surface area contributed by atoms with Gasteiger partial charge < -0.3 is 0 Å². The maximum Gasteiger partial charge on any atom is 0.404 e. The van der Waals surface area contributed by atoms with Crippen molar-refractivity contribution in [3.63, 3.8) is 0 Å². The van der Waals surface area contributed by atoms with Crippen molar-refractivity contribution in [3.05, 3.63) is 0 Å². The lowest BCUT2D eigenvalue weighted by molar-refractivity contribution is -0.152. The molecule has 62 valence electrons. The topological polar surface area (TPSA) is 12.0 Å². The Kier molecular flexibility index (Phi) is 4.12. The largest absolute Gasteiger partial charge is 0.404 e. The third kappa shape index (κ3) is 3.31. The number of rotatable bonds is 3. The maximum atomic E-state index is 11.8. The number of nitrogens with one attached hydrogen (secondary N) is 1. The Balaban J connectivity index is 3.81. The molecule has 0 aliphatic carbocycles. The summed E-state index contributed by atoms with van der Waals surface area (Å²) in [6.45, 7) is 1.70. The van der Waals surface area contributed by atoms with Gasteiger partial charge in [0.05, 0.1) is 0 Å². The molecule has 5 heteroatoms. The van der Waals surface area contributed by atoms with Crippen molar-refractivity contribution in [2.75, 3.05) is 0 Å². The lowest BCUT2D eigenvalue weighted by atomic mass is 10.2. The van der Waals surface area contributed by atoms with Gasteiger partial charge in [-0.05, 0) is 6.42 Å². The van der Waals surface area contributed by atoms with E-state index in [0.29, 0.717) is 6.42 Å². The van der Waals surface area contributed by atoms with Gasteiger partial charge in [-0.15, -0.1) is 0 Å². The summed E-state index contributed by atoms with van der Waals surface area (Å²) < 4.78 is 37.3. The second kappa shape index (κ2) is 4.08. The van der Waals surface area contributed by atoms with E-state index in [-0.39, 0.29) is 6.42 Å². The Morgan fingerprint density at radius 2 is 2.00 bits per heavy atom. The zero-order valence-corrected chi connectivity index (χ0v) is 6.47. The molecule has 1 unspecified atom stereocenters. The highest BCUT2D eigenvalue weighted by Crippen LogP contribution is 2.23. The molecule has 0 fully saturated rings. The minimum atomic E-state index is -4.17. The van der Waals surface area contributed by atoms with Gasteiger partial charge in [-0.2, -0.15) is 13.2 Å². The van der Waals surface area contributed by atoms with Crippen LogP contribution in [0.25, 0.3) is 0 Å². The predicted molar refractivity (Wildman–Crippen MR) is 36.9 cm³/mol. The highest BCUT2D eigenvalue weighted by molar-refractivity contribution is 7.78. The summed E-state index contributed by atoms with van der Waals surface area (Å²) in [5.41, 5.74) is 0. The minimum Gasteiger partial charge on any atom is -0.255 e. The fourth-order valence-corrected chi connectivity index (χ4v) is 0.866. The third-order valence-electron chi connectivity index (χ3n) is 1.13. The van der Waals surface area contributed by atoms with E-state index in [9.17, 15) is 13.2 Å². The molecule has 0 aromatic rings. The van der Waals surface area contributed by atoms with Gasteiger partial charge in [0.25, 0.3) is 0 Å². The first kappa shape index (κ1) is 10.1. The Bertz CT molecular complexity index is 93.4. The number of alkyl halides is 3. The minimum absolute atomic E-state index is 0.0764. The molecule has 0 radical (unpaired) electrons. The van der Waals surface area contributed by atoms with Gasteiger partial charge in [-0.25, -0.2) is 0 Å². The zero-order chi connectivity index (χ0) is 8.20. The van der Waals surface area contributed by atoms with E-state index in [1.165, 1.54) is 0 Å². The number of thiol groups is 1. The highest BCUT2D eigenvalue weighted by atomic mass is 32.1. The molecule has 0 bridgehead atoms. The molecular formula is C5H10F3NS. The first-order chi connectivity index (χ1) is 4.52. The van der Waals surface area contributed by atoms with Crippen LogP contribution in [-0.2, 0) is 0 Å². The fourth-order valence-electron chi connectivity index (χ4n) is 0.590. The van der Waals surface area contributed by atoms with Gasteiger partial charge in [0.15, 0.2) is 0 Å². The molecule has 1 N–H and O–H groups in total. The summed E-state index contributed by atoms with van der Waals surface area (Å²) in [5, 5.41) is 0. The van der Waals surface area contributed by atoms with Gasteiger partial charge in [0.1, 0.15) is 6.04 Å². The molecule has 0 heterocycles. The van der Waals surface area contributed by atoms with Crippen LogP contribution in [0, 0.1) is 0 Å². The quantitative estimate of drug-likeness (QED) is 0.623. The summed E-state index contributed by atoms with van der Waals surface area (Å²) in [7, 11) is 0. The summed E-state index contributed by atoms with van der Waals surface area (Å²) in [4.78, 5) is 0. The standard InChI is InChI=1S/C5H10F3NS/c1-2-3-4(9-10)5(6,7)8/h4,9-10H,2-3H2,1H3. The molecule has 0 aromatic carbocycles. The van der Waals surface area contributed by atoms with E-state index in [0.717, 1.165) is 0 Å². The van der Waals surface area contributed by atoms with Crippen LogP contribution in [-0.4, -0.2) is 12.2 Å². The smallest absolute Gasteiger partial charge is 0.255 e. The van der Waals surface area contributed by atoms with Gasteiger partial charge >= 0.3 is 6.18 Å². The summed E-state index contributed by atoms with van der Waals surface area (Å²) in [6.07, 6.45) is -3.59. The van der Waals surface area contributed by atoms with Crippen molar-refractivity contribution in [2.45, 2.75) is 32.0 Å². The monoisotopic (exact) mass is 173 g/mol. The van der Waals surface area contributed by atoms with E-state index in [1.54, 1.807) is 6.92 Å². The second-order valence-corrected chi connectivity index (χ2v) is 2.27. The molecule has 1 nitrogen and oxygen atoms in total. The number of hydrogen-bond acceptors (Lipinski definition) is 2. The van der Waals surface area contributed by atoms with E-state index in [4.69, 9.17) is 0 Å². The van der Waals surface area contributed by atoms with Gasteiger partial charge in [0.2, 0.25) is 0 Å². The van der Waals surface area contributed by atoms with Crippen LogP contribution in [0.1, 0.15) is 19.8 Å². The molecule has 0 saturated heterocycles. The molecule has 0 saturated carbocycles. The van der Waals surface area contributed by atoms with Crippen molar-refractivity contribution in [1.82, 2.24) is 4.72 Å². The molecule has 0 aromatic heterocycles. The maximum absolute atomic E-state index is 11.8. The van der Waals surface area contributed by atoms with Crippen molar-refractivity contribution >= 4 is 12.8 Å². The Morgan fingerprint density at radius 3 is 2.10 bits per heavy atom. The first-order valence-corrected chi connectivity index (χ1v) is 3.43. The van der Waals surface area contributed by atoms with E-state index < -0.39 is 12.2 Å². The van der Waals surface area contributed by atoms with Crippen LogP contribution >= 0.6 is 12.8 Å². The van der Waals surface area contributed by atoms with Gasteiger partial charge in [-0.3, -0.25) is 4.72 Å². The molecule has 0 aliphatic rings. The number of halogens is 3. The molecular weight excluding hydrogens is 163 g/mol. The molecule has 0 aliphatic heterocycles. The first-order valence-electron chi connectivity index (χ1n) is 2.98. The van der Waals surface area contributed by atoms with Gasteiger partial charge in [-0.1, -0.05) is 26.2 Å². The van der Waals surface area contributed by atoms with Crippen molar-refractivity contribution in [2.24, 2.45) is 0 Å². The molecule has 1 atom stereocenters. The Labute approximate surface area is 63.5 Å². The van der Waals surface area contributed by atoms with Crippen LogP contribution < -0.4 is 4.72 Å². The normalized spacial score (nSPS) is 15.3. The Morgan fingerprint density at radius 1 is 1.50 bits per heavy atom. The Hall–Kier alpha value is 0.100. The van der Waals surface area contributed by atoms with Crippen molar-refractivity contribution < 1.29 is 13.2 Å². The lowest BCUT2D eigenvalue weighted by Crippen LogP contribution is -2.37. The fraction of sp³-hybridized carbons (Fsp3) is 1.00. The van der Waals surface area contributed by atoms with E-state index in [2.05, 4.69) is 12.8 Å². The van der Waals surface area contributed by atoms with Crippen LogP contribution in [0.4, 0.5) is 13.2 Å². The van der Waals surface area contributed by atoms with Crippen LogP contribution in [0.3, 0.4) is 0 Å².